The number of carbonyl (C=O) groups is 1. The number of nitrogens with one attached hydrogen (secondary N) is 2. The second-order valence-electron chi connectivity index (χ2n) is 6.00. The van der Waals surface area contributed by atoms with Crippen LogP contribution in [0, 0.1) is 6.92 Å². The van der Waals surface area contributed by atoms with Gasteiger partial charge in [-0.15, -0.1) is 0 Å². The van der Waals surface area contributed by atoms with Gasteiger partial charge in [0, 0.05) is 17.6 Å². The first-order chi connectivity index (χ1) is 12.0. The molecule has 1 amide bonds. The van der Waals surface area contributed by atoms with Gasteiger partial charge in [0.15, 0.2) is 0 Å². The van der Waals surface area contributed by atoms with Crippen LogP contribution < -0.4 is 15.6 Å². The Kier molecular flexibility index (Phi) is 4.84. The Bertz CT molecular complexity index is 959. The number of aromatic nitrogens is 1. The normalized spacial score (nSPS) is 10.6. The van der Waals surface area contributed by atoms with E-state index in [0.29, 0.717) is 18.5 Å². The number of ether oxygens (including phenoxy) is 1. The van der Waals surface area contributed by atoms with Crippen molar-refractivity contribution in [3.05, 3.63) is 75.6 Å². The van der Waals surface area contributed by atoms with Crippen molar-refractivity contribution in [2.75, 3.05) is 7.11 Å². The molecule has 3 aromatic rings. The first-order valence-electron chi connectivity index (χ1n) is 8.07. The first-order valence-corrected chi connectivity index (χ1v) is 8.07. The van der Waals surface area contributed by atoms with Crippen molar-refractivity contribution in [1.82, 2.24) is 10.3 Å². The Hall–Kier alpha value is -3.08. The molecule has 0 aliphatic heterocycles. The third-order valence-electron chi connectivity index (χ3n) is 4.11. The highest BCUT2D eigenvalue weighted by Crippen LogP contribution is 2.14. The molecule has 128 valence electrons. The number of rotatable bonds is 5. The Balaban J connectivity index is 1.64. The Labute approximate surface area is 145 Å². The number of aromatic amines is 1. The highest BCUT2D eigenvalue weighted by molar-refractivity contribution is 5.81. The summed E-state index contributed by atoms with van der Waals surface area (Å²) in [5, 5.41) is 3.88. The molecule has 0 spiro atoms. The van der Waals surface area contributed by atoms with E-state index in [4.69, 9.17) is 4.74 Å². The fourth-order valence-electron chi connectivity index (χ4n) is 2.67. The maximum atomic E-state index is 12.1. The number of fused-ring (bicyclic) bond motifs is 1. The van der Waals surface area contributed by atoms with Crippen molar-refractivity contribution < 1.29 is 9.53 Å². The Morgan fingerprint density at radius 3 is 2.52 bits per heavy atom. The molecule has 0 unspecified atom stereocenters. The fraction of sp³-hybridized carbons (Fsp3) is 0.200. The van der Waals surface area contributed by atoms with Crippen molar-refractivity contribution in [3.8, 4) is 5.75 Å². The summed E-state index contributed by atoms with van der Waals surface area (Å²) in [6.45, 7) is 2.23. The lowest BCUT2D eigenvalue weighted by Crippen LogP contribution is -2.24. The highest BCUT2D eigenvalue weighted by atomic mass is 16.5. The lowest BCUT2D eigenvalue weighted by Gasteiger charge is -2.08. The highest BCUT2D eigenvalue weighted by Gasteiger charge is 2.05. The van der Waals surface area contributed by atoms with Gasteiger partial charge in [0.1, 0.15) is 5.75 Å². The van der Waals surface area contributed by atoms with E-state index in [1.165, 1.54) is 0 Å². The number of H-pyrrole nitrogens is 1. The quantitative estimate of drug-likeness (QED) is 0.752. The fourth-order valence-corrected chi connectivity index (χ4v) is 2.67. The molecular weight excluding hydrogens is 316 g/mol. The van der Waals surface area contributed by atoms with Gasteiger partial charge < -0.3 is 15.0 Å². The summed E-state index contributed by atoms with van der Waals surface area (Å²) in [4.78, 5) is 26.6. The van der Waals surface area contributed by atoms with Gasteiger partial charge >= 0.3 is 0 Å². The average molecular weight is 336 g/mol. The number of pyridine rings is 1. The van der Waals surface area contributed by atoms with Crippen molar-refractivity contribution in [1.29, 1.82) is 0 Å². The van der Waals surface area contributed by atoms with Crippen LogP contribution in [-0.2, 0) is 17.8 Å². The van der Waals surface area contributed by atoms with Crippen LogP contribution in [0.15, 0.2) is 53.3 Å². The second-order valence-corrected chi connectivity index (χ2v) is 6.00. The van der Waals surface area contributed by atoms with Crippen molar-refractivity contribution >= 4 is 16.8 Å². The topological polar surface area (TPSA) is 71.2 Å². The van der Waals surface area contributed by atoms with Crippen molar-refractivity contribution in [2.45, 2.75) is 19.9 Å². The summed E-state index contributed by atoms with van der Waals surface area (Å²) in [6.07, 6.45) is 0.323. The molecule has 1 aromatic heterocycles. The van der Waals surface area contributed by atoms with E-state index in [1.807, 2.05) is 48.5 Å². The molecule has 1 heterocycles. The summed E-state index contributed by atoms with van der Waals surface area (Å²) in [5.41, 5.74) is 3.32. The summed E-state index contributed by atoms with van der Waals surface area (Å²) < 4.78 is 5.11. The van der Waals surface area contributed by atoms with Gasteiger partial charge in [0.25, 0.3) is 5.56 Å². The minimum atomic E-state index is -0.0759. The molecule has 0 saturated carbocycles. The standard InChI is InChI=1S/C20H20N2O3/c1-13-9-16-10-15(5-8-18(16)22-20(13)24)12-21-19(23)11-14-3-6-17(25-2)7-4-14/h3-10H,11-12H2,1-2H3,(H,21,23)(H,22,24). The number of carbonyl (C=O) groups excluding carboxylic acids is 1. The third-order valence-corrected chi connectivity index (χ3v) is 4.11. The smallest absolute Gasteiger partial charge is 0.251 e. The molecule has 0 saturated heterocycles. The first kappa shape index (κ1) is 16.8. The number of hydrogen-bond acceptors (Lipinski definition) is 3. The van der Waals surface area contributed by atoms with Crippen LogP contribution in [0.2, 0.25) is 0 Å². The summed E-state index contributed by atoms with van der Waals surface area (Å²) >= 11 is 0. The number of amides is 1. The minimum Gasteiger partial charge on any atom is -0.497 e. The number of benzene rings is 2. The Morgan fingerprint density at radius 2 is 1.80 bits per heavy atom. The minimum absolute atomic E-state index is 0.0390. The molecule has 5 heteroatoms. The van der Waals surface area contributed by atoms with Crippen LogP contribution in [0.4, 0.5) is 0 Å². The van der Waals surface area contributed by atoms with E-state index in [2.05, 4.69) is 10.3 Å². The zero-order valence-corrected chi connectivity index (χ0v) is 14.3. The predicted octanol–water partition coefficient (Wildman–Crippen LogP) is 2.70. The van der Waals surface area contributed by atoms with Crippen LogP contribution in [0.25, 0.3) is 10.9 Å². The van der Waals surface area contributed by atoms with Gasteiger partial charge in [-0.25, -0.2) is 0 Å². The van der Waals surface area contributed by atoms with E-state index in [0.717, 1.165) is 27.8 Å². The average Bonchev–Trinajstić information content (AvgIpc) is 2.61. The largest absolute Gasteiger partial charge is 0.497 e. The molecule has 0 radical (unpaired) electrons. The third kappa shape index (κ3) is 4.07. The van der Waals surface area contributed by atoms with Gasteiger partial charge in [-0.1, -0.05) is 18.2 Å². The molecule has 0 fully saturated rings. The van der Waals surface area contributed by atoms with E-state index in [-0.39, 0.29) is 11.5 Å². The molecule has 5 nitrogen and oxygen atoms in total. The number of hydrogen-bond donors (Lipinski definition) is 2. The van der Waals surface area contributed by atoms with Crippen LogP contribution >= 0.6 is 0 Å². The van der Waals surface area contributed by atoms with Crippen LogP contribution in [0.3, 0.4) is 0 Å². The summed E-state index contributed by atoms with van der Waals surface area (Å²) in [7, 11) is 1.61. The summed E-state index contributed by atoms with van der Waals surface area (Å²) in [5.74, 6) is 0.733. The molecule has 2 aromatic carbocycles. The van der Waals surface area contributed by atoms with Crippen molar-refractivity contribution in [2.24, 2.45) is 0 Å². The van der Waals surface area contributed by atoms with Gasteiger partial charge in [0.2, 0.25) is 5.91 Å². The zero-order valence-electron chi connectivity index (χ0n) is 14.3. The van der Waals surface area contributed by atoms with E-state index in [1.54, 1.807) is 14.0 Å². The lowest BCUT2D eigenvalue weighted by molar-refractivity contribution is -0.120. The zero-order chi connectivity index (χ0) is 17.8. The van der Waals surface area contributed by atoms with Crippen molar-refractivity contribution in [3.63, 3.8) is 0 Å². The molecule has 2 N–H and O–H groups in total. The SMILES string of the molecule is COc1ccc(CC(=O)NCc2ccc3[nH]c(=O)c(C)cc3c2)cc1. The molecule has 0 atom stereocenters. The molecule has 0 bridgehead atoms. The van der Waals surface area contributed by atoms with Crippen LogP contribution in [-0.4, -0.2) is 18.0 Å². The van der Waals surface area contributed by atoms with Gasteiger partial charge in [-0.2, -0.15) is 0 Å². The lowest BCUT2D eigenvalue weighted by atomic mass is 10.1. The van der Waals surface area contributed by atoms with E-state index >= 15 is 0 Å². The molecule has 0 aliphatic rings. The maximum Gasteiger partial charge on any atom is 0.251 e. The van der Waals surface area contributed by atoms with Gasteiger partial charge in [0.05, 0.1) is 13.5 Å². The second kappa shape index (κ2) is 7.21. The van der Waals surface area contributed by atoms with Gasteiger partial charge in [-0.3, -0.25) is 9.59 Å². The van der Waals surface area contributed by atoms with Crippen LogP contribution in [0.1, 0.15) is 16.7 Å². The van der Waals surface area contributed by atoms with E-state index < -0.39 is 0 Å². The Morgan fingerprint density at radius 1 is 1.08 bits per heavy atom. The summed E-state index contributed by atoms with van der Waals surface area (Å²) in [6, 6.07) is 15.1. The van der Waals surface area contributed by atoms with E-state index in [9.17, 15) is 9.59 Å². The number of aryl methyl sites for hydroxylation is 1. The molecule has 25 heavy (non-hydrogen) atoms. The van der Waals surface area contributed by atoms with Gasteiger partial charge in [-0.05, 0) is 53.8 Å². The predicted molar refractivity (Wildman–Crippen MR) is 97.9 cm³/mol. The number of methoxy groups -OCH3 is 1. The maximum absolute atomic E-state index is 12.1. The molecular formula is C20H20N2O3. The monoisotopic (exact) mass is 336 g/mol. The van der Waals surface area contributed by atoms with Crippen LogP contribution in [0.5, 0.6) is 5.75 Å². The molecule has 0 aliphatic carbocycles. The molecule has 3 rings (SSSR count).